The summed E-state index contributed by atoms with van der Waals surface area (Å²) in [5.74, 6) is 0. The molecule has 1 fully saturated rings. The van der Waals surface area contributed by atoms with Gasteiger partial charge in [-0.25, -0.2) is 0 Å². The molecule has 2 N–H and O–H groups in total. The maximum absolute atomic E-state index is 9.46. The standard InChI is InChI=1S/C7H14O5/c1-10-6-4(8)3-12-7(11-2)5(6)9/h4-9H,3H2,1-2H3/t4-,5-,6-,7?/m1/s1. The van der Waals surface area contributed by atoms with Gasteiger partial charge in [-0.2, -0.15) is 0 Å². The lowest BCUT2D eigenvalue weighted by atomic mass is 10.1. The molecule has 0 bridgehead atoms. The van der Waals surface area contributed by atoms with Gasteiger partial charge in [-0.3, -0.25) is 0 Å². The van der Waals surface area contributed by atoms with Gasteiger partial charge in [0.05, 0.1) is 6.61 Å². The van der Waals surface area contributed by atoms with E-state index < -0.39 is 24.6 Å². The van der Waals surface area contributed by atoms with Crippen LogP contribution in [-0.4, -0.2) is 55.6 Å². The van der Waals surface area contributed by atoms with Crippen molar-refractivity contribution < 1.29 is 24.4 Å². The Morgan fingerprint density at radius 2 is 1.92 bits per heavy atom. The molecule has 12 heavy (non-hydrogen) atoms. The van der Waals surface area contributed by atoms with Crippen LogP contribution in [0.4, 0.5) is 0 Å². The Morgan fingerprint density at radius 1 is 1.25 bits per heavy atom. The summed E-state index contributed by atoms with van der Waals surface area (Å²) < 4.78 is 14.7. The smallest absolute Gasteiger partial charge is 0.185 e. The number of methoxy groups -OCH3 is 2. The fourth-order valence-electron chi connectivity index (χ4n) is 1.27. The highest BCUT2D eigenvalue weighted by Crippen LogP contribution is 2.17. The molecule has 0 aromatic heterocycles. The molecule has 1 unspecified atom stereocenters. The van der Waals surface area contributed by atoms with Crippen LogP contribution in [-0.2, 0) is 14.2 Å². The van der Waals surface area contributed by atoms with E-state index in [1.54, 1.807) is 0 Å². The third-order valence-corrected chi connectivity index (χ3v) is 1.93. The molecule has 1 saturated heterocycles. The second-order valence-electron chi connectivity index (χ2n) is 2.70. The van der Waals surface area contributed by atoms with E-state index in [4.69, 9.17) is 14.2 Å². The number of ether oxygens (including phenoxy) is 3. The average molecular weight is 178 g/mol. The fraction of sp³-hybridized carbons (Fsp3) is 1.00. The van der Waals surface area contributed by atoms with Crippen molar-refractivity contribution in [3.05, 3.63) is 0 Å². The van der Waals surface area contributed by atoms with Crippen molar-refractivity contribution in [2.75, 3.05) is 20.8 Å². The normalized spacial score (nSPS) is 43.0. The second-order valence-corrected chi connectivity index (χ2v) is 2.70. The first-order chi connectivity index (χ1) is 5.70. The van der Waals surface area contributed by atoms with Crippen molar-refractivity contribution in [1.82, 2.24) is 0 Å². The Bertz CT molecular complexity index is 140. The van der Waals surface area contributed by atoms with Gasteiger partial charge in [0.2, 0.25) is 0 Å². The quantitative estimate of drug-likeness (QED) is 0.551. The topological polar surface area (TPSA) is 68.2 Å². The van der Waals surface area contributed by atoms with Gasteiger partial charge < -0.3 is 24.4 Å². The molecule has 1 heterocycles. The van der Waals surface area contributed by atoms with Gasteiger partial charge >= 0.3 is 0 Å². The van der Waals surface area contributed by atoms with Crippen molar-refractivity contribution in [2.24, 2.45) is 0 Å². The van der Waals surface area contributed by atoms with E-state index in [2.05, 4.69) is 0 Å². The molecule has 0 saturated carbocycles. The Labute approximate surface area is 70.9 Å². The number of rotatable bonds is 2. The Hall–Kier alpha value is -0.200. The lowest BCUT2D eigenvalue weighted by Crippen LogP contribution is -2.54. The fourth-order valence-corrected chi connectivity index (χ4v) is 1.27. The lowest BCUT2D eigenvalue weighted by Gasteiger charge is -2.36. The molecule has 1 aliphatic rings. The van der Waals surface area contributed by atoms with E-state index in [1.807, 2.05) is 0 Å². The Morgan fingerprint density at radius 3 is 2.42 bits per heavy atom. The highest BCUT2D eigenvalue weighted by molar-refractivity contribution is 4.83. The van der Waals surface area contributed by atoms with Gasteiger partial charge in [-0.05, 0) is 0 Å². The molecule has 1 rings (SSSR count). The van der Waals surface area contributed by atoms with Crippen LogP contribution in [0.1, 0.15) is 0 Å². The van der Waals surface area contributed by atoms with Crippen molar-refractivity contribution in [3.63, 3.8) is 0 Å². The zero-order valence-electron chi connectivity index (χ0n) is 7.14. The summed E-state index contributed by atoms with van der Waals surface area (Å²) in [7, 11) is 2.85. The minimum Gasteiger partial charge on any atom is -0.388 e. The largest absolute Gasteiger partial charge is 0.388 e. The summed E-state index contributed by atoms with van der Waals surface area (Å²) in [5, 5.41) is 18.8. The van der Waals surface area contributed by atoms with Gasteiger partial charge in [-0.15, -0.1) is 0 Å². The number of aliphatic hydroxyl groups is 2. The van der Waals surface area contributed by atoms with E-state index in [9.17, 15) is 10.2 Å². The summed E-state index contributed by atoms with van der Waals surface area (Å²) in [6.07, 6.45) is -3.08. The molecule has 5 nitrogen and oxygen atoms in total. The first kappa shape index (κ1) is 9.88. The Balaban J connectivity index is 2.56. The minimum absolute atomic E-state index is 0.119. The van der Waals surface area contributed by atoms with Crippen molar-refractivity contribution in [1.29, 1.82) is 0 Å². The molecule has 0 aromatic rings. The highest BCUT2D eigenvalue weighted by Gasteiger charge is 2.38. The van der Waals surface area contributed by atoms with Gasteiger partial charge in [-0.1, -0.05) is 0 Å². The molecule has 4 atom stereocenters. The third-order valence-electron chi connectivity index (χ3n) is 1.93. The highest BCUT2D eigenvalue weighted by atomic mass is 16.7. The number of hydrogen-bond donors (Lipinski definition) is 2. The van der Waals surface area contributed by atoms with Crippen LogP contribution in [0.15, 0.2) is 0 Å². The summed E-state index contributed by atoms with van der Waals surface area (Å²) in [6, 6.07) is 0. The van der Waals surface area contributed by atoms with Crippen LogP contribution < -0.4 is 0 Å². The minimum atomic E-state index is -0.941. The predicted octanol–water partition coefficient (Wildman–Crippen LogP) is -1.27. The van der Waals surface area contributed by atoms with Gasteiger partial charge in [0, 0.05) is 14.2 Å². The molecule has 0 aliphatic carbocycles. The first-order valence-corrected chi connectivity index (χ1v) is 3.74. The van der Waals surface area contributed by atoms with Gasteiger partial charge in [0.15, 0.2) is 6.29 Å². The summed E-state index contributed by atoms with van der Waals surface area (Å²) >= 11 is 0. The van der Waals surface area contributed by atoms with Crippen LogP contribution in [0.5, 0.6) is 0 Å². The molecule has 5 heteroatoms. The number of hydrogen-bond acceptors (Lipinski definition) is 5. The summed E-state index contributed by atoms with van der Waals surface area (Å²) in [5.41, 5.74) is 0. The maximum Gasteiger partial charge on any atom is 0.185 e. The predicted molar refractivity (Wildman–Crippen MR) is 39.6 cm³/mol. The zero-order chi connectivity index (χ0) is 9.14. The van der Waals surface area contributed by atoms with Crippen molar-refractivity contribution >= 4 is 0 Å². The SMILES string of the molecule is COC1OC[C@@H](O)[C@@H](OC)[C@H]1O. The van der Waals surface area contributed by atoms with E-state index in [0.29, 0.717) is 0 Å². The van der Waals surface area contributed by atoms with Crippen LogP contribution in [0.25, 0.3) is 0 Å². The average Bonchev–Trinajstić information content (AvgIpc) is 2.06. The summed E-state index contributed by atoms with van der Waals surface area (Å²) in [6.45, 7) is 0.119. The molecule has 72 valence electrons. The van der Waals surface area contributed by atoms with Crippen molar-refractivity contribution in [3.8, 4) is 0 Å². The molecule has 0 spiro atoms. The molecule has 0 radical (unpaired) electrons. The van der Waals surface area contributed by atoms with Gasteiger partial charge in [0.25, 0.3) is 0 Å². The summed E-state index contributed by atoms with van der Waals surface area (Å²) in [4.78, 5) is 0. The van der Waals surface area contributed by atoms with Gasteiger partial charge in [0.1, 0.15) is 18.3 Å². The Kier molecular flexibility index (Phi) is 3.42. The van der Waals surface area contributed by atoms with Crippen LogP contribution in [0.3, 0.4) is 0 Å². The van der Waals surface area contributed by atoms with Crippen LogP contribution >= 0.6 is 0 Å². The molecule has 0 amide bonds. The first-order valence-electron chi connectivity index (χ1n) is 3.74. The van der Waals surface area contributed by atoms with Crippen LogP contribution in [0, 0.1) is 0 Å². The zero-order valence-corrected chi connectivity index (χ0v) is 7.14. The molecular weight excluding hydrogens is 164 g/mol. The molecular formula is C7H14O5. The monoisotopic (exact) mass is 178 g/mol. The maximum atomic E-state index is 9.46. The van der Waals surface area contributed by atoms with E-state index in [0.717, 1.165) is 0 Å². The third kappa shape index (κ3) is 1.75. The van der Waals surface area contributed by atoms with Crippen LogP contribution in [0.2, 0.25) is 0 Å². The van der Waals surface area contributed by atoms with E-state index in [1.165, 1.54) is 14.2 Å². The molecule has 1 aliphatic heterocycles. The van der Waals surface area contributed by atoms with E-state index in [-0.39, 0.29) is 6.61 Å². The molecule has 0 aromatic carbocycles. The van der Waals surface area contributed by atoms with Crippen molar-refractivity contribution in [2.45, 2.75) is 24.6 Å². The lowest BCUT2D eigenvalue weighted by molar-refractivity contribution is -0.266. The number of aliphatic hydroxyl groups excluding tert-OH is 2. The van der Waals surface area contributed by atoms with E-state index >= 15 is 0 Å². The second kappa shape index (κ2) is 4.15.